The van der Waals surface area contributed by atoms with E-state index in [2.05, 4.69) is 27.9 Å². The van der Waals surface area contributed by atoms with E-state index in [0.29, 0.717) is 6.61 Å². The van der Waals surface area contributed by atoms with Gasteiger partial charge in [-0.2, -0.15) is 0 Å². The number of alkyl carbamates (subject to hydrolysis) is 1. The van der Waals surface area contributed by atoms with E-state index in [1.807, 2.05) is 20.8 Å². The third-order valence-corrected chi connectivity index (χ3v) is 2.47. The molecule has 96 valence electrons. The molecule has 0 aromatic carbocycles. The van der Waals surface area contributed by atoms with Crippen molar-refractivity contribution in [1.82, 2.24) is 5.32 Å². The molecule has 16 heavy (non-hydrogen) atoms. The molecular formula is C11H22INO3. The maximum Gasteiger partial charge on any atom is 0.407 e. The average molecular weight is 343 g/mol. The number of methoxy groups -OCH3 is 1. The van der Waals surface area contributed by atoms with Gasteiger partial charge in [-0.25, -0.2) is 4.79 Å². The van der Waals surface area contributed by atoms with Crippen molar-refractivity contribution in [2.24, 2.45) is 0 Å². The summed E-state index contributed by atoms with van der Waals surface area (Å²) in [4.78, 5) is 11.5. The van der Waals surface area contributed by atoms with Crippen molar-refractivity contribution in [3.63, 3.8) is 0 Å². The molecule has 0 aliphatic carbocycles. The number of hydrogen-bond acceptors (Lipinski definition) is 3. The summed E-state index contributed by atoms with van der Waals surface area (Å²) >= 11 is 2.30. The van der Waals surface area contributed by atoms with E-state index in [1.54, 1.807) is 7.11 Å². The van der Waals surface area contributed by atoms with Crippen LogP contribution in [0, 0.1) is 0 Å². The fourth-order valence-corrected chi connectivity index (χ4v) is 1.91. The van der Waals surface area contributed by atoms with E-state index in [1.165, 1.54) is 0 Å². The lowest BCUT2D eigenvalue weighted by Crippen LogP contribution is -2.39. The molecule has 0 unspecified atom stereocenters. The van der Waals surface area contributed by atoms with Crippen molar-refractivity contribution in [1.29, 1.82) is 0 Å². The number of hydrogen-bond donors (Lipinski definition) is 1. The molecular weight excluding hydrogens is 321 g/mol. The van der Waals surface area contributed by atoms with Crippen molar-refractivity contribution >= 4 is 28.7 Å². The highest BCUT2D eigenvalue weighted by Crippen LogP contribution is 2.08. The van der Waals surface area contributed by atoms with Gasteiger partial charge in [-0.15, -0.1) is 0 Å². The zero-order chi connectivity index (χ0) is 12.6. The number of ether oxygens (including phenoxy) is 2. The maximum absolute atomic E-state index is 11.5. The van der Waals surface area contributed by atoms with Crippen LogP contribution in [0.15, 0.2) is 0 Å². The van der Waals surface area contributed by atoms with Crippen LogP contribution in [0.4, 0.5) is 4.79 Å². The Balaban J connectivity index is 4.02. The van der Waals surface area contributed by atoms with Crippen molar-refractivity contribution in [2.75, 3.05) is 18.1 Å². The van der Waals surface area contributed by atoms with Crippen LogP contribution < -0.4 is 5.32 Å². The average Bonchev–Trinajstić information content (AvgIpc) is 2.11. The fraction of sp³-hybridized carbons (Fsp3) is 0.909. The molecule has 0 aliphatic heterocycles. The third kappa shape index (κ3) is 9.21. The van der Waals surface area contributed by atoms with Gasteiger partial charge < -0.3 is 14.8 Å². The number of alkyl halides is 1. The van der Waals surface area contributed by atoms with Crippen molar-refractivity contribution in [3.05, 3.63) is 0 Å². The molecule has 0 saturated carbocycles. The maximum atomic E-state index is 11.5. The Hall–Kier alpha value is -0.0400. The number of halogens is 1. The van der Waals surface area contributed by atoms with Gasteiger partial charge in [0, 0.05) is 24.2 Å². The molecule has 0 spiro atoms. The molecule has 1 atom stereocenters. The minimum Gasteiger partial charge on any atom is -0.444 e. The van der Waals surface area contributed by atoms with E-state index in [0.717, 1.165) is 17.3 Å². The van der Waals surface area contributed by atoms with Crippen LogP contribution in [0.3, 0.4) is 0 Å². The van der Waals surface area contributed by atoms with E-state index in [9.17, 15) is 4.79 Å². The van der Waals surface area contributed by atoms with E-state index < -0.39 is 5.60 Å². The van der Waals surface area contributed by atoms with Gasteiger partial charge in [0.25, 0.3) is 0 Å². The Labute approximate surface area is 112 Å². The van der Waals surface area contributed by atoms with E-state index in [-0.39, 0.29) is 12.1 Å². The zero-order valence-electron chi connectivity index (χ0n) is 10.5. The Kier molecular flexibility index (Phi) is 8.09. The first kappa shape index (κ1) is 16.0. The van der Waals surface area contributed by atoms with Crippen LogP contribution >= 0.6 is 22.6 Å². The summed E-state index contributed by atoms with van der Waals surface area (Å²) < 4.78 is 11.2. The first-order valence-electron chi connectivity index (χ1n) is 5.43. The Morgan fingerprint density at radius 1 is 1.38 bits per heavy atom. The van der Waals surface area contributed by atoms with Crippen molar-refractivity contribution in [2.45, 2.75) is 45.3 Å². The van der Waals surface area contributed by atoms with Crippen molar-refractivity contribution < 1.29 is 14.3 Å². The Bertz CT molecular complexity index is 204. The van der Waals surface area contributed by atoms with Gasteiger partial charge in [-0.05, 0) is 33.6 Å². The van der Waals surface area contributed by atoms with Crippen LogP contribution in [0.1, 0.15) is 33.6 Å². The first-order chi connectivity index (χ1) is 7.39. The van der Waals surface area contributed by atoms with Crippen molar-refractivity contribution in [3.8, 4) is 0 Å². The second-order valence-electron chi connectivity index (χ2n) is 4.60. The van der Waals surface area contributed by atoms with Crippen LogP contribution in [0.5, 0.6) is 0 Å². The normalized spacial score (nSPS) is 13.3. The Morgan fingerprint density at radius 2 is 2.00 bits per heavy atom. The molecule has 5 heteroatoms. The van der Waals surface area contributed by atoms with Gasteiger partial charge in [0.1, 0.15) is 5.60 Å². The molecule has 0 aliphatic rings. The number of nitrogens with one attached hydrogen (secondary N) is 1. The summed E-state index contributed by atoms with van der Waals surface area (Å²) in [6.45, 7) is 6.22. The molecule has 0 saturated heterocycles. The summed E-state index contributed by atoms with van der Waals surface area (Å²) in [7, 11) is 1.66. The molecule has 0 heterocycles. The van der Waals surface area contributed by atoms with Gasteiger partial charge in [0.05, 0.1) is 0 Å². The standard InChI is InChI=1S/C11H22INO3/c1-11(2,3)16-10(14)13-9(5-7-12)6-8-15-4/h9H,5-8H2,1-4H3,(H,13,14)/t9-/m0/s1. The minimum atomic E-state index is -0.444. The molecule has 0 rings (SSSR count). The van der Waals surface area contributed by atoms with Crippen LogP contribution in [0.25, 0.3) is 0 Å². The summed E-state index contributed by atoms with van der Waals surface area (Å²) in [6.07, 6.45) is 1.40. The van der Waals surface area contributed by atoms with Crippen LogP contribution in [-0.2, 0) is 9.47 Å². The first-order valence-corrected chi connectivity index (χ1v) is 6.96. The fourth-order valence-electron chi connectivity index (χ4n) is 1.15. The number of carbonyl (C=O) groups excluding carboxylic acids is 1. The summed E-state index contributed by atoms with van der Waals surface area (Å²) in [6, 6.07) is 0.131. The second kappa shape index (κ2) is 8.11. The molecule has 1 N–H and O–H groups in total. The largest absolute Gasteiger partial charge is 0.444 e. The highest BCUT2D eigenvalue weighted by molar-refractivity contribution is 14.1. The molecule has 0 fully saturated rings. The zero-order valence-corrected chi connectivity index (χ0v) is 12.7. The highest BCUT2D eigenvalue weighted by Gasteiger charge is 2.18. The molecule has 0 aromatic rings. The molecule has 0 aromatic heterocycles. The molecule has 1 amide bonds. The monoisotopic (exact) mass is 343 g/mol. The summed E-state index contributed by atoms with van der Waals surface area (Å²) in [5.74, 6) is 0. The van der Waals surface area contributed by atoms with Gasteiger partial charge in [0.15, 0.2) is 0 Å². The number of amides is 1. The minimum absolute atomic E-state index is 0.131. The van der Waals surface area contributed by atoms with Crippen LogP contribution in [-0.4, -0.2) is 35.9 Å². The van der Waals surface area contributed by atoms with Gasteiger partial charge in [-0.3, -0.25) is 0 Å². The summed E-state index contributed by atoms with van der Waals surface area (Å²) in [5, 5.41) is 2.86. The lowest BCUT2D eigenvalue weighted by molar-refractivity contribution is 0.0492. The molecule has 4 nitrogen and oxygen atoms in total. The van der Waals surface area contributed by atoms with Gasteiger partial charge in [0.2, 0.25) is 0 Å². The van der Waals surface area contributed by atoms with Gasteiger partial charge in [-0.1, -0.05) is 22.6 Å². The van der Waals surface area contributed by atoms with E-state index in [4.69, 9.17) is 9.47 Å². The SMILES string of the molecule is COCC[C@H](CCI)NC(=O)OC(C)(C)C. The predicted molar refractivity (Wildman–Crippen MR) is 73.2 cm³/mol. The number of rotatable bonds is 6. The Morgan fingerprint density at radius 3 is 2.44 bits per heavy atom. The lowest BCUT2D eigenvalue weighted by Gasteiger charge is -2.23. The topological polar surface area (TPSA) is 47.6 Å². The molecule has 0 bridgehead atoms. The van der Waals surface area contributed by atoms with Gasteiger partial charge >= 0.3 is 6.09 Å². The highest BCUT2D eigenvalue weighted by atomic mass is 127. The lowest BCUT2D eigenvalue weighted by atomic mass is 10.1. The van der Waals surface area contributed by atoms with Crippen LogP contribution in [0.2, 0.25) is 0 Å². The smallest absolute Gasteiger partial charge is 0.407 e. The number of carbonyl (C=O) groups is 1. The summed E-state index contributed by atoms with van der Waals surface area (Å²) in [5.41, 5.74) is -0.444. The second-order valence-corrected chi connectivity index (χ2v) is 5.68. The molecule has 0 radical (unpaired) electrons. The quantitative estimate of drug-likeness (QED) is 0.596. The third-order valence-electron chi connectivity index (χ3n) is 1.85. The van der Waals surface area contributed by atoms with E-state index >= 15 is 0 Å². The predicted octanol–water partition coefficient (Wildman–Crippen LogP) is 2.74.